The molecular formula is C14H27N3O2. The molecule has 1 saturated heterocycles. The molecule has 0 bridgehead atoms. The summed E-state index contributed by atoms with van der Waals surface area (Å²) in [6.45, 7) is 5.24. The van der Waals surface area contributed by atoms with Gasteiger partial charge in [-0.2, -0.15) is 0 Å². The molecule has 0 aromatic heterocycles. The maximum absolute atomic E-state index is 12.1. The number of nitrogens with two attached hydrogens (primary N) is 1. The van der Waals surface area contributed by atoms with E-state index in [4.69, 9.17) is 5.73 Å². The van der Waals surface area contributed by atoms with Gasteiger partial charge in [0.05, 0.1) is 13.1 Å². The first-order valence-corrected chi connectivity index (χ1v) is 7.30. The third-order valence-electron chi connectivity index (χ3n) is 3.65. The fraction of sp³-hybridized carbons (Fsp3) is 0.857. The average Bonchev–Trinajstić information content (AvgIpc) is 2.42. The predicted octanol–water partition coefficient (Wildman–Crippen LogP) is 0.879. The lowest BCUT2D eigenvalue weighted by Gasteiger charge is -2.36. The molecule has 0 aromatic rings. The second-order valence-electron chi connectivity index (χ2n) is 5.69. The van der Waals surface area contributed by atoms with Gasteiger partial charge in [0.25, 0.3) is 0 Å². The van der Waals surface area contributed by atoms with Crippen LogP contribution in [0.15, 0.2) is 0 Å². The molecule has 110 valence electrons. The molecule has 5 heteroatoms. The van der Waals surface area contributed by atoms with E-state index in [2.05, 4.69) is 19.2 Å². The number of nitrogens with one attached hydrogen (secondary N) is 1. The highest BCUT2D eigenvalue weighted by Gasteiger charge is 2.26. The Balaban J connectivity index is 2.46. The Bertz CT molecular complexity index is 305. The second kappa shape index (κ2) is 8.15. The minimum absolute atomic E-state index is 0.0234. The largest absolute Gasteiger partial charge is 0.346 e. The molecule has 0 radical (unpaired) electrons. The van der Waals surface area contributed by atoms with Crippen LogP contribution in [0.3, 0.4) is 0 Å². The number of likely N-dealkylation sites (tertiary alicyclic amines) is 1. The van der Waals surface area contributed by atoms with Crippen LogP contribution in [0.2, 0.25) is 0 Å². The zero-order chi connectivity index (χ0) is 14.3. The molecule has 1 aliphatic heterocycles. The zero-order valence-corrected chi connectivity index (χ0v) is 12.2. The average molecular weight is 269 g/mol. The normalized spacial score (nSPS) is 19.6. The van der Waals surface area contributed by atoms with Gasteiger partial charge in [0.1, 0.15) is 0 Å². The van der Waals surface area contributed by atoms with Gasteiger partial charge in [0, 0.05) is 12.6 Å². The first-order valence-electron chi connectivity index (χ1n) is 7.30. The van der Waals surface area contributed by atoms with Crippen LogP contribution in [-0.2, 0) is 9.59 Å². The van der Waals surface area contributed by atoms with Crippen molar-refractivity contribution >= 4 is 11.8 Å². The molecule has 1 rings (SSSR count). The van der Waals surface area contributed by atoms with Crippen LogP contribution in [0, 0.1) is 5.92 Å². The number of piperidine rings is 1. The molecule has 0 aliphatic carbocycles. The Kier molecular flexibility index (Phi) is 6.84. The monoisotopic (exact) mass is 269 g/mol. The van der Waals surface area contributed by atoms with Gasteiger partial charge in [-0.05, 0) is 38.0 Å². The molecule has 1 heterocycles. The Labute approximate surface area is 115 Å². The van der Waals surface area contributed by atoms with E-state index in [-0.39, 0.29) is 24.9 Å². The minimum atomic E-state index is -0.274. The molecule has 19 heavy (non-hydrogen) atoms. The molecular weight excluding hydrogens is 242 g/mol. The van der Waals surface area contributed by atoms with Gasteiger partial charge in [-0.3, -0.25) is 9.59 Å². The topological polar surface area (TPSA) is 75.4 Å². The lowest BCUT2D eigenvalue weighted by molar-refractivity contribution is -0.136. The van der Waals surface area contributed by atoms with Crippen LogP contribution < -0.4 is 11.1 Å². The zero-order valence-electron chi connectivity index (χ0n) is 12.2. The smallest absolute Gasteiger partial charge is 0.242 e. The quantitative estimate of drug-likeness (QED) is 0.751. The van der Waals surface area contributed by atoms with Crippen LogP contribution in [0.5, 0.6) is 0 Å². The first kappa shape index (κ1) is 16.0. The van der Waals surface area contributed by atoms with Crippen molar-refractivity contribution in [2.24, 2.45) is 11.7 Å². The first-order chi connectivity index (χ1) is 9.04. The highest BCUT2D eigenvalue weighted by Crippen LogP contribution is 2.22. The van der Waals surface area contributed by atoms with Crippen molar-refractivity contribution in [3.63, 3.8) is 0 Å². The summed E-state index contributed by atoms with van der Waals surface area (Å²) in [6.07, 6.45) is 5.55. The summed E-state index contributed by atoms with van der Waals surface area (Å²) in [4.78, 5) is 25.2. The van der Waals surface area contributed by atoms with Gasteiger partial charge >= 0.3 is 0 Å². The molecule has 0 aromatic carbocycles. The highest BCUT2D eigenvalue weighted by atomic mass is 16.2. The minimum Gasteiger partial charge on any atom is -0.346 e. The fourth-order valence-corrected chi connectivity index (χ4v) is 2.50. The van der Waals surface area contributed by atoms with Crippen LogP contribution >= 0.6 is 0 Å². The SMILES string of the molecule is CC(C)CCC1CCCCN1C(=O)CNC(=O)CN. The van der Waals surface area contributed by atoms with Crippen LogP contribution in [0.1, 0.15) is 46.0 Å². The summed E-state index contributed by atoms with van der Waals surface area (Å²) in [5.74, 6) is 0.412. The lowest BCUT2D eigenvalue weighted by atomic mass is 9.94. The van der Waals surface area contributed by atoms with E-state index >= 15 is 0 Å². The lowest BCUT2D eigenvalue weighted by Crippen LogP contribution is -2.48. The van der Waals surface area contributed by atoms with Crippen LogP contribution in [-0.4, -0.2) is 42.4 Å². The van der Waals surface area contributed by atoms with Crippen molar-refractivity contribution in [1.82, 2.24) is 10.2 Å². The van der Waals surface area contributed by atoms with E-state index < -0.39 is 0 Å². The van der Waals surface area contributed by atoms with Crippen molar-refractivity contribution in [2.75, 3.05) is 19.6 Å². The van der Waals surface area contributed by atoms with Crippen molar-refractivity contribution in [2.45, 2.75) is 52.0 Å². The van der Waals surface area contributed by atoms with Crippen molar-refractivity contribution in [3.05, 3.63) is 0 Å². The third kappa shape index (κ3) is 5.59. The Morgan fingerprint density at radius 1 is 1.37 bits per heavy atom. The van der Waals surface area contributed by atoms with E-state index in [0.29, 0.717) is 12.0 Å². The van der Waals surface area contributed by atoms with Crippen molar-refractivity contribution < 1.29 is 9.59 Å². The number of rotatable bonds is 6. The molecule has 0 saturated carbocycles. The third-order valence-corrected chi connectivity index (χ3v) is 3.65. The second-order valence-corrected chi connectivity index (χ2v) is 5.69. The number of carbonyl (C=O) groups is 2. The molecule has 3 N–H and O–H groups in total. The molecule has 0 spiro atoms. The van der Waals surface area contributed by atoms with E-state index in [1.807, 2.05) is 4.90 Å². The maximum atomic E-state index is 12.1. The Hall–Kier alpha value is -1.10. The van der Waals surface area contributed by atoms with Gasteiger partial charge in [-0.15, -0.1) is 0 Å². The highest BCUT2D eigenvalue weighted by molar-refractivity contribution is 5.85. The molecule has 1 fully saturated rings. The van der Waals surface area contributed by atoms with Gasteiger partial charge < -0.3 is 16.0 Å². The number of amides is 2. The fourth-order valence-electron chi connectivity index (χ4n) is 2.50. The van der Waals surface area contributed by atoms with E-state index in [1.54, 1.807) is 0 Å². The maximum Gasteiger partial charge on any atom is 0.242 e. The van der Waals surface area contributed by atoms with Crippen LogP contribution in [0.25, 0.3) is 0 Å². The summed E-state index contributed by atoms with van der Waals surface area (Å²) in [5.41, 5.74) is 5.21. The summed E-state index contributed by atoms with van der Waals surface area (Å²) >= 11 is 0. The summed E-state index contributed by atoms with van der Waals surface area (Å²) < 4.78 is 0. The Morgan fingerprint density at radius 3 is 2.74 bits per heavy atom. The molecule has 5 nitrogen and oxygen atoms in total. The number of carbonyl (C=O) groups excluding carboxylic acids is 2. The number of hydrogen-bond donors (Lipinski definition) is 2. The van der Waals surface area contributed by atoms with Crippen LogP contribution in [0.4, 0.5) is 0 Å². The molecule has 1 aliphatic rings. The van der Waals surface area contributed by atoms with E-state index in [9.17, 15) is 9.59 Å². The predicted molar refractivity (Wildman–Crippen MR) is 75.5 cm³/mol. The van der Waals surface area contributed by atoms with Gasteiger partial charge in [0.2, 0.25) is 11.8 Å². The van der Waals surface area contributed by atoms with E-state index in [1.165, 1.54) is 6.42 Å². The van der Waals surface area contributed by atoms with Crippen molar-refractivity contribution in [3.8, 4) is 0 Å². The molecule has 1 unspecified atom stereocenters. The summed E-state index contributed by atoms with van der Waals surface area (Å²) in [6, 6.07) is 0.346. The number of hydrogen-bond acceptors (Lipinski definition) is 3. The Morgan fingerprint density at radius 2 is 2.11 bits per heavy atom. The molecule has 2 amide bonds. The molecule has 1 atom stereocenters. The summed E-state index contributed by atoms with van der Waals surface area (Å²) in [7, 11) is 0. The van der Waals surface area contributed by atoms with E-state index in [0.717, 1.165) is 32.2 Å². The summed E-state index contributed by atoms with van der Waals surface area (Å²) in [5, 5.41) is 2.56. The number of nitrogens with zero attached hydrogens (tertiary/aromatic N) is 1. The van der Waals surface area contributed by atoms with Gasteiger partial charge in [0.15, 0.2) is 0 Å². The van der Waals surface area contributed by atoms with Gasteiger partial charge in [-0.1, -0.05) is 13.8 Å². The van der Waals surface area contributed by atoms with Crippen molar-refractivity contribution in [1.29, 1.82) is 0 Å². The standard InChI is InChI=1S/C14H27N3O2/c1-11(2)6-7-12-5-3-4-8-17(12)14(19)10-16-13(18)9-15/h11-12H,3-10,15H2,1-2H3,(H,16,18). The van der Waals surface area contributed by atoms with Gasteiger partial charge in [-0.25, -0.2) is 0 Å².